The normalized spacial score (nSPS) is 10.0. The molecule has 0 aliphatic heterocycles. The first-order valence-corrected chi connectivity index (χ1v) is 5.50. The molecule has 0 rings (SSSR count). The van der Waals surface area contributed by atoms with Crippen molar-refractivity contribution in [1.29, 1.82) is 0 Å². The Labute approximate surface area is 96.5 Å². The molecule has 0 fully saturated rings. The van der Waals surface area contributed by atoms with Crippen LogP contribution >= 0.6 is 0 Å². The third kappa shape index (κ3) is 8.03. The molecule has 0 spiro atoms. The van der Waals surface area contributed by atoms with Gasteiger partial charge < -0.3 is 0 Å². The Kier molecular flexibility index (Phi) is 7.25. The summed E-state index contributed by atoms with van der Waals surface area (Å²) in [7, 11) is 0. The van der Waals surface area contributed by atoms with Crippen molar-refractivity contribution in [2.24, 2.45) is 5.92 Å². The minimum Gasteiger partial charge on any atom is -0.247 e. The molecule has 0 N–H and O–H groups in total. The first-order chi connectivity index (χ1) is 7.43. The maximum atomic E-state index is 11.1. The molecule has 0 bridgehead atoms. The van der Waals surface area contributed by atoms with Gasteiger partial charge in [-0.3, -0.25) is 0 Å². The summed E-state index contributed by atoms with van der Waals surface area (Å²) in [6, 6.07) is 0. The lowest BCUT2D eigenvalue weighted by Crippen LogP contribution is -2.11. The van der Waals surface area contributed by atoms with Crippen LogP contribution in [0.4, 0.5) is 0 Å². The molecule has 0 aliphatic carbocycles. The summed E-state index contributed by atoms with van der Waals surface area (Å²) < 4.78 is 0. The number of carbonyl (C=O) groups is 2. The first kappa shape index (κ1) is 14.7. The van der Waals surface area contributed by atoms with Crippen LogP contribution in [0.1, 0.15) is 46.5 Å². The summed E-state index contributed by atoms with van der Waals surface area (Å²) >= 11 is 0. The molecule has 0 heterocycles. The Hall–Kier alpha value is -1.32. The Balaban J connectivity index is 3.52. The predicted molar refractivity (Wildman–Crippen MR) is 60.3 cm³/mol. The molecular formula is C12H20O4. The van der Waals surface area contributed by atoms with Gasteiger partial charge in [0, 0.05) is 5.57 Å². The van der Waals surface area contributed by atoms with Crippen LogP contribution in [-0.2, 0) is 19.4 Å². The minimum absolute atomic E-state index is 0.201. The molecule has 0 aromatic heterocycles. The number of hydrogen-bond acceptors (Lipinski definition) is 4. The lowest BCUT2D eigenvalue weighted by atomic mass is 10.1. The topological polar surface area (TPSA) is 52.6 Å². The van der Waals surface area contributed by atoms with Crippen molar-refractivity contribution in [3.05, 3.63) is 12.2 Å². The average molecular weight is 228 g/mol. The van der Waals surface area contributed by atoms with Gasteiger partial charge in [0.15, 0.2) is 0 Å². The summed E-state index contributed by atoms with van der Waals surface area (Å²) in [6.07, 6.45) is 3.08. The van der Waals surface area contributed by atoms with Crippen LogP contribution in [0, 0.1) is 5.92 Å². The molecule has 4 heteroatoms. The zero-order valence-electron chi connectivity index (χ0n) is 10.2. The van der Waals surface area contributed by atoms with Gasteiger partial charge in [0.05, 0.1) is 6.42 Å². The molecule has 0 aliphatic rings. The van der Waals surface area contributed by atoms with E-state index in [0.717, 1.165) is 19.3 Å². The van der Waals surface area contributed by atoms with Gasteiger partial charge >= 0.3 is 11.9 Å². The Morgan fingerprint density at radius 2 is 1.81 bits per heavy atom. The highest BCUT2D eigenvalue weighted by atomic mass is 17.2. The van der Waals surface area contributed by atoms with Gasteiger partial charge in [-0.2, -0.15) is 0 Å². The van der Waals surface area contributed by atoms with Crippen LogP contribution in [0.15, 0.2) is 12.2 Å². The molecule has 0 aromatic carbocycles. The highest BCUT2D eigenvalue weighted by molar-refractivity contribution is 5.87. The zero-order valence-corrected chi connectivity index (χ0v) is 10.2. The molecule has 0 radical (unpaired) electrons. The fraction of sp³-hybridized carbons (Fsp3) is 0.667. The van der Waals surface area contributed by atoms with Gasteiger partial charge in [0.25, 0.3) is 0 Å². The average Bonchev–Trinajstić information content (AvgIpc) is 2.20. The molecule has 0 saturated carbocycles. The molecule has 16 heavy (non-hydrogen) atoms. The summed E-state index contributed by atoms with van der Waals surface area (Å²) in [4.78, 5) is 30.5. The Morgan fingerprint density at radius 3 is 2.31 bits per heavy atom. The highest BCUT2D eigenvalue weighted by Gasteiger charge is 2.09. The first-order valence-electron chi connectivity index (χ1n) is 5.50. The maximum absolute atomic E-state index is 11.1. The van der Waals surface area contributed by atoms with Gasteiger partial charge in [-0.15, -0.1) is 0 Å². The van der Waals surface area contributed by atoms with Gasteiger partial charge in [0.1, 0.15) is 0 Å². The Bertz CT molecular complexity index is 256. The molecule has 0 aromatic rings. The van der Waals surface area contributed by atoms with Crippen molar-refractivity contribution in [2.75, 3.05) is 0 Å². The van der Waals surface area contributed by atoms with Crippen molar-refractivity contribution in [2.45, 2.75) is 46.5 Å². The lowest BCUT2D eigenvalue weighted by Gasteiger charge is -2.04. The van der Waals surface area contributed by atoms with E-state index in [9.17, 15) is 9.59 Å². The van der Waals surface area contributed by atoms with E-state index in [0.29, 0.717) is 5.92 Å². The summed E-state index contributed by atoms with van der Waals surface area (Å²) in [6.45, 7) is 9.11. The molecule has 92 valence electrons. The number of carbonyl (C=O) groups excluding carboxylic acids is 2. The van der Waals surface area contributed by atoms with Crippen molar-refractivity contribution in [1.82, 2.24) is 0 Å². The maximum Gasteiger partial charge on any atom is 0.381 e. The quantitative estimate of drug-likeness (QED) is 0.303. The predicted octanol–water partition coefficient (Wildman–Crippen LogP) is 2.78. The van der Waals surface area contributed by atoms with Gasteiger partial charge in [-0.25, -0.2) is 19.4 Å². The van der Waals surface area contributed by atoms with E-state index in [-0.39, 0.29) is 12.0 Å². The zero-order chi connectivity index (χ0) is 12.6. The molecule has 0 atom stereocenters. The van der Waals surface area contributed by atoms with E-state index in [2.05, 4.69) is 30.2 Å². The van der Waals surface area contributed by atoms with Crippen LogP contribution in [-0.4, -0.2) is 11.9 Å². The van der Waals surface area contributed by atoms with E-state index in [1.165, 1.54) is 6.92 Å². The molecule has 0 unspecified atom stereocenters. The van der Waals surface area contributed by atoms with Crippen molar-refractivity contribution >= 4 is 11.9 Å². The van der Waals surface area contributed by atoms with E-state index >= 15 is 0 Å². The van der Waals surface area contributed by atoms with Crippen molar-refractivity contribution in [3.8, 4) is 0 Å². The smallest absolute Gasteiger partial charge is 0.247 e. The SMILES string of the molecule is C=C(C)C(=O)OOC(=O)CCCCC(C)C. The van der Waals surface area contributed by atoms with Gasteiger partial charge in [0.2, 0.25) is 0 Å². The van der Waals surface area contributed by atoms with Crippen molar-refractivity contribution in [3.63, 3.8) is 0 Å². The fourth-order valence-electron chi connectivity index (χ4n) is 1.02. The van der Waals surface area contributed by atoms with E-state index in [1.807, 2.05) is 0 Å². The largest absolute Gasteiger partial charge is 0.381 e. The monoisotopic (exact) mass is 228 g/mol. The van der Waals surface area contributed by atoms with Gasteiger partial charge in [-0.1, -0.05) is 33.3 Å². The summed E-state index contributed by atoms with van der Waals surface area (Å²) in [5, 5.41) is 0. The molecule has 4 nitrogen and oxygen atoms in total. The number of rotatable bonds is 6. The van der Waals surface area contributed by atoms with Crippen LogP contribution in [0.2, 0.25) is 0 Å². The summed E-state index contributed by atoms with van der Waals surface area (Å²) in [5.74, 6) is -0.592. The van der Waals surface area contributed by atoms with Crippen LogP contribution < -0.4 is 0 Å². The molecule has 0 amide bonds. The van der Waals surface area contributed by atoms with Crippen LogP contribution in [0.3, 0.4) is 0 Å². The second kappa shape index (κ2) is 7.91. The van der Waals surface area contributed by atoms with Crippen molar-refractivity contribution < 1.29 is 19.4 Å². The van der Waals surface area contributed by atoms with Crippen LogP contribution in [0.25, 0.3) is 0 Å². The Morgan fingerprint density at radius 1 is 1.19 bits per heavy atom. The van der Waals surface area contributed by atoms with E-state index in [4.69, 9.17) is 0 Å². The highest BCUT2D eigenvalue weighted by Crippen LogP contribution is 2.08. The number of unbranched alkanes of at least 4 members (excludes halogenated alkanes) is 1. The van der Waals surface area contributed by atoms with Gasteiger partial charge in [-0.05, 0) is 19.3 Å². The number of hydrogen-bond donors (Lipinski definition) is 0. The lowest BCUT2D eigenvalue weighted by molar-refractivity contribution is -0.255. The third-order valence-electron chi connectivity index (χ3n) is 1.97. The van der Waals surface area contributed by atoms with Crippen LogP contribution in [0.5, 0.6) is 0 Å². The standard InChI is InChI=1S/C12H20O4/c1-9(2)7-5-6-8-11(13)15-16-12(14)10(3)4/h9H,3,5-8H2,1-2,4H3. The second-order valence-electron chi connectivity index (χ2n) is 4.25. The van der Waals surface area contributed by atoms with E-state index in [1.54, 1.807) is 0 Å². The molecular weight excluding hydrogens is 208 g/mol. The minimum atomic E-state index is -0.712. The fourth-order valence-corrected chi connectivity index (χ4v) is 1.02. The molecule has 0 saturated heterocycles. The van der Waals surface area contributed by atoms with E-state index < -0.39 is 11.9 Å². The second-order valence-corrected chi connectivity index (χ2v) is 4.25. The summed E-state index contributed by atoms with van der Waals surface area (Å²) in [5.41, 5.74) is 0.201. The third-order valence-corrected chi connectivity index (χ3v) is 1.97.